The molecule has 0 fully saturated rings. The molecule has 0 aliphatic heterocycles. The minimum Gasteiger partial charge on any atom is -0.485 e. The molecule has 0 aliphatic carbocycles. The first kappa shape index (κ1) is 34.6. The van der Waals surface area contributed by atoms with Crippen LogP contribution >= 0.6 is 0 Å². The molecule has 4 aromatic carbocycles. The molecule has 244 valence electrons. The molecule has 8 heteroatoms. The maximum Gasteiger partial charge on any atom is 0.471 e. The number of carbonyl (C=O) groups is 1. The fraction of sp³-hybridized carbons (Fsp3) is 0.342. The summed E-state index contributed by atoms with van der Waals surface area (Å²) in [6.07, 6.45) is -0.973. The Labute approximate surface area is 269 Å². The molecular weight excluding hydrogens is 591 g/mol. The maximum absolute atomic E-state index is 13.5. The lowest BCUT2D eigenvalue weighted by Crippen LogP contribution is -2.42. The number of nitrogens with zero attached hydrogens (tertiary/aromatic N) is 1. The van der Waals surface area contributed by atoms with E-state index < -0.39 is 12.1 Å². The van der Waals surface area contributed by atoms with Gasteiger partial charge in [-0.3, -0.25) is 4.79 Å². The Kier molecular flexibility index (Phi) is 14.0. The highest BCUT2D eigenvalue weighted by molar-refractivity contribution is 5.81. The lowest BCUT2D eigenvalue weighted by molar-refractivity contribution is -0.185. The van der Waals surface area contributed by atoms with E-state index in [2.05, 4.69) is 12.1 Å². The molecule has 0 bridgehead atoms. The van der Waals surface area contributed by atoms with Crippen LogP contribution in [0.15, 0.2) is 109 Å². The van der Waals surface area contributed by atoms with Gasteiger partial charge in [0.25, 0.3) is 0 Å². The van der Waals surface area contributed by atoms with Crippen molar-refractivity contribution in [2.45, 2.75) is 57.9 Å². The number of unbranched alkanes of at least 4 members (excludes halogenated alkanes) is 3. The number of rotatable bonds is 19. The van der Waals surface area contributed by atoms with Crippen LogP contribution in [0, 0.1) is 0 Å². The van der Waals surface area contributed by atoms with Crippen LogP contribution in [0.2, 0.25) is 0 Å². The van der Waals surface area contributed by atoms with Crippen LogP contribution in [0.3, 0.4) is 0 Å². The van der Waals surface area contributed by atoms with E-state index in [0.29, 0.717) is 50.8 Å². The summed E-state index contributed by atoms with van der Waals surface area (Å²) in [5.41, 5.74) is 3.95. The third-order valence-corrected chi connectivity index (χ3v) is 7.53. The monoisotopic (exact) mass is 633 g/mol. The van der Waals surface area contributed by atoms with Crippen molar-refractivity contribution in [1.29, 1.82) is 0 Å². The summed E-state index contributed by atoms with van der Waals surface area (Å²) in [4.78, 5) is 13.2. The number of hydrogen-bond donors (Lipinski definition) is 0. The van der Waals surface area contributed by atoms with Crippen molar-refractivity contribution in [2.75, 3.05) is 26.3 Å². The van der Waals surface area contributed by atoms with Crippen molar-refractivity contribution in [2.24, 2.45) is 0 Å². The molecule has 0 N–H and O–H groups in total. The first-order chi connectivity index (χ1) is 22.4. The standard InChI is InChI=1S/C38H42F3NO4/c39-38(40,41)37(43)42(24-12-1-2-13-26-44-27-23-31-14-6-3-7-15-31)25-22-32-20-21-35(45-29-33-16-8-4-9-17-33)36(28-32)46-30-34-18-10-5-11-19-34/h3-11,14-21,28H,1-2,12-13,22-27,29-30H2. The zero-order valence-electron chi connectivity index (χ0n) is 26.1. The van der Waals surface area contributed by atoms with Crippen molar-refractivity contribution >= 4 is 5.91 Å². The molecule has 0 heterocycles. The topological polar surface area (TPSA) is 48.0 Å². The van der Waals surface area contributed by atoms with Gasteiger partial charge in [-0.2, -0.15) is 13.2 Å². The number of halogens is 3. The molecule has 4 aromatic rings. The lowest BCUT2D eigenvalue weighted by atomic mass is 10.1. The van der Waals surface area contributed by atoms with Gasteiger partial charge < -0.3 is 19.1 Å². The van der Waals surface area contributed by atoms with Gasteiger partial charge in [-0.15, -0.1) is 0 Å². The summed E-state index contributed by atoms with van der Waals surface area (Å²) in [5.74, 6) is -0.770. The van der Waals surface area contributed by atoms with Crippen LogP contribution in [0.5, 0.6) is 11.5 Å². The SMILES string of the molecule is O=C(N(CCCCCCOCCc1ccccc1)CCc1ccc(OCc2ccccc2)c(OCc2ccccc2)c1)C(F)(F)F. The Morgan fingerprint density at radius 3 is 1.74 bits per heavy atom. The van der Waals surface area contributed by atoms with Gasteiger partial charge in [-0.05, 0) is 60.1 Å². The Bertz CT molecular complexity index is 1430. The molecule has 0 saturated heterocycles. The van der Waals surface area contributed by atoms with E-state index in [0.717, 1.165) is 40.9 Å². The molecule has 1 amide bonds. The molecule has 0 aromatic heterocycles. The number of amides is 1. The van der Waals surface area contributed by atoms with E-state index in [-0.39, 0.29) is 19.5 Å². The summed E-state index contributed by atoms with van der Waals surface area (Å²) in [5, 5.41) is 0. The highest BCUT2D eigenvalue weighted by atomic mass is 19.4. The zero-order valence-corrected chi connectivity index (χ0v) is 26.1. The van der Waals surface area contributed by atoms with E-state index in [9.17, 15) is 18.0 Å². The molecule has 46 heavy (non-hydrogen) atoms. The summed E-state index contributed by atoms with van der Waals surface area (Å²) in [6, 6.07) is 34.9. The molecule has 0 saturated carbocycles. The van der Waals surface area contributed by atoms with Crippen molar-refractivity contribution in [3.8, 4) is 11.5 Å². The van der Waals surface area contributed by atoms with Crippen LogP contribution in [0.25, 0.3) is 0 Å². The average molecular weight is 634 g/mol. The van der Waals surface area contributed by atoms with Crippen molar-refractivity contribution in [1.82, 2.24) is 4.90 Å². The van der Waals surface area contributed by atoms with Gasteiger partial charge in [0.15, 0.2) is 11.5 Å². The molecule has 0 spiro atoms. The van der Waals surface area contributed by atoms with Crippen LogP contribution < -0.4 is 9.47 Å². The second kappa shape index (κ2) is 18.6. The highest BCUT2D eigenvalue weighted by Crippen LogP contribution is 2.31. The first-order valence-electron chi connectivity index (χ1n) is 15.8. The van der Waals surface area contributed by atoms with Gasteiger partial charge in [0.05, 0.1) is 6.61 Å². The van der Waals surface area contributed by atoms with Crippen molar-refractivity contribution in [3.63, 3.8) is 0 Å². The summed E-state index contributed by atoms with van der Waals surface area (Å²) in [7, 11) is 0. The normalized spacial score (nSPS) is 11.3. The Morgan fingerprint density at radius 2 is 1.13 bits per heavy atom. The van der Waals surface area contributed by atoms with E-state index in [1.165, 1.54) is 5.56 Å². The highest BCUT2D eigenvalue weighted by Gasteiger charge is 2.42. The molecule has 0 unspecified atom stereocenters. The molecule has 5 nitrogen and oxygen atoms in total. The molecule has 0 radical (unpaired) electrons. The number of alkyl halides is 3. The third kappa shape index (κ3) is 12.2. The van der Waals surface area contributed by atoms with Gasteiger partial charge in [0.1, 0.15) is 13.2 Å². The predicted molar refractivity (Wildman–Crippen MR) is 174 cm³/mol. The molecule has 0 atom stereocenters. The number of benzene rings is 4. The van der Waals surface area contributed by atoms with Gasteiger partial charge in [0.2, 0.25) is 0 Å². The van der Waals surface area contributed by atoms with Gasteiger partial charge in [-0.1, -0.05) is 110 Å². The Morgan fingerprint density at radius 1 is 0.565 bits per heavy atom. The zero-order chi connectivity index (χ0) is 32.5. The predicted octanol–water partition coefficient (Wildman–Crippen LogP) is 8.60. The van der Waals surface area contributed by atoms with Gasteiger partial charge in [-0.25, -0.2) is 0 Å². The lowest BCUT2D eigenvalue weighted by Gasteiger charge is -2.24. The largest absolute Gasteiger partial charge is 0.485 e. The second-order valence-electron chi connectivity index (χ2n) is 11.1. The second-order valence-corrected chi connectivity index (χ2v) is 11.1. The minimum absolute atomic E-state index is 0.0445. The summed E-state index contributed by atoms with van der Waals surface area (Å²) in [6.45, 7) is 1.89. The van der Waals surface area contributed by atoms with Crippen LogP contribution in [0.1, 0.15) is 47.9 Å². The van der Waals surface area contributed by atoms with Gasteiger partial charge in [0, 0.05) is 19.7 Å². The Hall–Kier alpha value is -4.30. The molecular formula is C38H42F3NO4. The molecule has 4 rings (SSSR count). The average Bonchev–Trinajstić information content (AvgIpc) is 3.08. The van der Waals surface area contributed by atoms with Crippen LogP contribution in [-0.2, 0) is 35.6 Å². The fourth-order valence-corrected chi connectivity index (χ4v) is 4.97. The van der Waals surface area contributed by atoms with Gasteiger partial charge >= 0.3 is 12.1 Å². The van der Waals surface area contributed by atoms with E-state index in [4.69, 9.17) is 14.2 Å². The van der Waals surface area contributed by atoms with Crippen LogP contribution in [0.4, 0.5) is 13.2 Å². The number of carbonyl (C=O) groups excluding carboxylic acids is 1. The maximum atomic E-state index is 13.5. The van der Waals surface area contributed by atoms with Crippen molar-refractivity contribution in [3.05, 3.63) is 131 Å². The first-order valence-corrected chi connectivity index (χ1v) is 15.8. The van der Waals surface area contributed by atoms with E-state index >= 15 is 0 Å². The molecule has 0 aliphatic rings. The van der Waals surface area contributed by atoms with E-state index in [1.54, 1.807) is 12.1 Å². The summed E-state index contributed by atoms with van der Waals surface area (Å²) < 4.78 is 58.2. The number of ether oxygens (including phenoxy) is 3. The van der Waals surface area contributed by atoms with Crippen LogP contribution in [-0.4, -0.2) is 43.3 Å². The summed E-state index contributed by atoms with van der Waals surface area (Å²) >= 11 is 0. The third-order valence-electron chi connectivity index (χ3n) is 7.53. The fourth-order valence-electron chi connectivity index (χ4n) is 4.97. The quantitative estimate of drug-likeness (QED) is 0.0971. The van der Waals surface area contributed by atoms with E-state index in [1.807, 2.05) is 84.9 Å². The van der Waals surface area contributed by atoms with Crippen molar-refractivity contribution < 1.29 is 32.2 Å². The number of hydrogen-bond acceptors (Lipinski definition) is 4. The smallest absolute Gasteiger partial charge is 0.471 e. The minimum atomic E-state index is -4.92. The Balaban J connectivity index is 1.28.